The maximum atomic E-state index is 10.5. The fourth-order valence-electron chi connectivity index (χ4n) is 2.19. The summed E-state index contributed by atoms with van der Waals surface area (Å²) in [6.07, 6.45) is 2.46. The third-order valence-corrected chi connectivity index (χ3v) is 3.07. The normalized spacial score (nSPS) is 19.9. The number of hydrogen-bond acceptors (Lipinski definition) is 2. The maximum absolute atomic E-state index is 10.5. The molecule has 3 nitrogen and oxygen atoms in total. The van der Waals surface area contributed by atoms with Crippen LogP contribution in [0.1, 0.15) is 17.5 Å². The fraction of sp³-hybridized carbons (Fsp3) is 0.462. The Balaban J connectivity index is 1.93. The monoisotopic (exact) mass is 219 g/mol. The molecule has 1 atom stereocenters. The summed E-state index contributed by atoms with van der Waals surface area (Å²) in [5.41, 5.74) is 2.18. The van der Waals surface area contributed by atoms with Crippen molar-refractivity contribution >= 4 is 5.97 Å². The highest BCUT2D eigenvalue weighted by molar-refractivity contribution is 5.70. The molecule has 1 aliphatic rings. The minimum Gasteiger partial charge on any atom is -0.481 e. The average Bonchev–Trinajstić information content (AvgIpc) is 2.73. The number of nitrogens with one attached hydrogen (secondary N) is 1. The summed E-state index contributed by atoms with van der Waals surface area (Å²) in [6, 6.07) is 7.95. The Morgan fingerprint density at radius 2 is 2.00 bits per heavy atom. The molecule has 0 amide bonds. The van der Waals surface area contributed by atoms with Crippen molar-refractivity contribution in [1.29, 1.82) is 0 Å². The van der Waals surface area contributed by atoms with Gasteiger partial charge in [-0.05, 0) is 43.0 Å². The van der Waals surface area contributed by atoms with Crippen LogP contribution in [0.4, 0.5) is 0 Å². The summed E-state index contributed by atoms with van der Waals surface area (Å²) in [5, 5.41) is 12.0. The predicted octanol–water partition coefficient (Wildman–Crippen LogP) is 1.47. The van der Waals surface area contributed by atoms with Gasteiger partial charge in [-0.25, -0.2) is 0 Å². The first kappa shape index (κ1) is 11.1. The van der Waals surface area contributed by atoms with Crippen molar-refractivity contribution in [2.45, 2.75) is 19.3 Å². The van der Waals surface area contributed by atoms with Crippen LogP contribution in [-0.2, 0) is 17.6 Å². The molecule has 1 fully saturated rings. The molecule has 0 radical (unpaired) electrons. The van der Waals surface area contributed by atoms with E-state index in [-0.39, 0.29) is 6.42 Å². The highest BCUT2D eigenvalue weighted by Crippen LogP contribution is 2.15. The molecule has 2 rings (SSSR count). The zero-order valence-electron chi connectivity index (χ0n) is 9.28. The van der Waals surface area contributed by atoms with Crippen LogP contribution >= 0.6 is 0 Å². The number of rotatable bonds is 4. The van der Waals surface area contributed by atoms with Crippen molar-refractivity contribution in [3.05, 3.63) is 35.4 Å². The highest BCUT2D eigenvalue weighted by Gasteiger charge is 2.14. The van der Waals surface area contributed by atoms with E-state index in [1.54, 1.807) is 0 Å². The summed E-state index contributed by atoms with van der Waals surface area (Å²) in [5.74, 6) is -0.0296. The van der Waals surface area contributed by atoms with E-state index in [2.05, 4.69) is 17.4 Å². The van der Waals surface area contributed by atoms with E-state index < -0.39 is 5.97 Å². The molecule has 0 aromatic heterocycles. The summed E-state index contributed by atoms with van der Waals surface area (Å²) < 4.78 is 0. The molecule has 1 aromatic rings. The first-order chi connectivity index (χ1) is 7.74. The number of aliphatic carboxylic acids is 1. The van der Waals surface area contributed by atoms with Crippen LogP contribution in [0.15, 0.2) is 24.3 Å². The third-order valence-electron chi connectivity index (χ3n) is 3.07. The number of carboxylic acids is 1. The fourth-order valence-corrected chi connectivity index (χ4v) is 2.19. The first-order valence-corrected chi connectivity index (χ1v) is 5.74. The van der Waals surface area contributed by atoms with Crippen molar-refractivity contribution in [3.8, 4) is 0 Å². The van der Waals surface area contributed by atoms with Gasteiger partial charge in [-0.2, -0.15) is 0 Å². The van der Waals surface area contributed by atoms with E-state index in [1.165, 1.54) is 12.0 Å². The number of benzene rings is 1. The summed E-state index contributed by atoms with van der Waals surface area (Å²) >= 11 is 0. The lowest BCUT2D eigenvalue weighted by Gasteiger charge is -2.08. The van der Waals surface area contributed by atoms with Crippen LogP contribution in [0.2, 0.25) is 0 Å². The van der Waals surface area contributed by atoms with Gasteiger partial charge in [0.1, 0.15) is 0 Å². The molecule has 1 heterocycles. The van der Waals surface area contributed by atoms with Gasteiger partial charge >= 0.3 is 5.97 Å². The lowest BCUT2D eigenvalue weighted by molar-refractivity contribution is -0.136. The quantitative estimate of drug-likeness (QED) is 0.806. The molecule has 16 heavy (non-hydrogen) atoms. The molecular weight excluding hydrogens is 202 g/mol. The third kappa shape index (κ3) is 3.07. The Hall–Kier alpha value is -1.35. The lowest BCUT2D eigenvalue weighted by Crippen LogP contribution is -2.10. The average molecular weight is 219 g/mol. The van der Waals surface area contributed by atoms with Crippen molar-refractivity contribution in [3.63, 3.8) is 0 Å². The number of carboxylic acid groups (broad SMARTS) is 1. The Bertz CT molecular complexity index is 353. The summed E-state index contributed by atoms with van der Waals surface area (Å²) in [4.78, 5) is 10.5. The van der Waals surface area contributed by atoms with Crippen molar-refractivity contribution in [1.82, 2.24) is 5.32 Å². The van der Waals surface area contributed by atoms with E-state index in [0.717, 1.165) is 31.0 Å². The number of hydrogen-bond donors (Lipinski definition) is 2. The predicted molar refractivity (Wildman–Crippen MR) is 62.5 cm³/mol. The van der Waals surface area contributed by atoms with Crippen molar-refractivity contribution in [2.24, 2.45) is 5.92 Å². The highest BCUT2D eigenvalue weighted by atomic mass is 16.4. The van der Waals surface area contributed by atoms with E-state index in [0.29, 0.717) is 0 Å². The minimum atomic E-state index is -0.771. The van der Waals surface area contributed by atoms with E-state index in [9.17, 15) is 4.79 Å². The van der Waals surface area contributed by atoms with Crippen LogP contribution in [0.3, 0.4) is 0 Å². The van der Waals surface area contributed by atoms with Crippen LogP contribution in [0.5, 0.6) is 0 Å². The van der Waals surface area contributed by atoms with Gasteiger partial charge in [-0.1, -0.05) is 24.3 Å². The molecule has 2 N–H and O–H groups in total. The second-order valence-electron chi connectivity index (χ2n) is 4.45. The molecular formula is C13H17NO2. The van der Waals surface area contributed by atoms with Gasteiger partial charge in [0.2, 0.25) is 0 Å². The lowest BCUT2D eigenvalue weighted by atomic mass is 9.97. The standard InChI is InChI=1S/C13H17NO2/c15-13(16)8-11-3-1-10(2-4-11)7-12-5-6-14-9-12/h1-4,12,14H,5-9H2,(H,15,16). The van der Waals surface area contributed by atoms with Gasteiger partial charge in [-0.3, -0.25) is 4.79 Å². The van der Waals surface area contributed by atoms with Gasteiger partial charge in [0.05, 0.1) is 6.42 Å². The van der Waals surface area contributed by atoms with E-state index in [4.69, 9.17) is 5.11 Å². The summed E-state index contributed by atoms with van der Waals surface area (Å²) in [6.45, 7) is 2.23. The van der Waals surface area contributed by atoms with Crippen LogP contribution in [-0.4, -0.2) is 24.2 Å². The number of carbonyl (C=O) groups is 1. The van der Waals surface area contributed by atoms with Gasteiger partial charge in [0.15, 0.2) is 0 Å². The first-order valence-electron chi connectivity index (χ1n) is 5.74. The van der Waals surface area contributed by atoms with Crippen LogP contribution < -0.4 is 5.32 Å². The zero-order valence-corrected chi connectivity index (χ0v) is 9.28. The Kier molecular flexibility index (Phi) is 3.57. The largest absolute Gasteiger partial charge is 0.481 e. The Labute approximate surface area is 95.5 Å². The SMILES string of the molecule is O=C(O)Cc1ccc(CC2CCNC2)cc1. The molecule has 1 unspecified atom stereocenters. The molecule has 0 aliphatic carbocycles. The smallest absolute Gasteiger partial charge is 0.307 e. The minimum absolute atomic E-state index is 0.116. The van der Waals surface area contributed by atoms with Gasteiger partial charge < -0.3 is 10.4 Å². The molecule has 86 valence electrons. The molecule has 0 bridgehead atoms. The second-order valence-corrected chi connectivity index (χ2v) is 4.45. The van der Waals surface area contributed by atoms with Gasteiger partial charge in [0, 0.05) is 0 Å². The molecule has 1 aliphatic heterocycles. The van der Waals surface area contributed by atoms with Crippen molar-refractivity contribution < 1.29 is 9.90 Å². The maximum Gasteiger partial charge on any atom is 0.307 e. The van der Waals surface area contributed by atoms with Gasteiger partial charge in [0.25, 0.3) is 0 Å². The van der Waals surface area contributed by atoms with Crippen LogP contribution in [0.25, 0.3) is 0 Å². The van der Waals surface area contributed by atoms with Gasteiger partial charge in [-0.15, -0.1) is 0 Å². The van der Waals surface area contributed by atoms with Crippen LogP contribution in [0, 0.1) is 5.92 Å². The van der Waals surface area contributed by atoms with E-state index in [1.807, 2.05) is 12.1 Å². The topological polar surface area (TPSA) is 49.3 Å². The Morgan fingerprint density at radius 1 is 1.31 bits per heavy atom. The molecule has 1 aromatic carbocycles. The summed E-state index contributed by atoms with van der Waals surface area (Å²) in [7, 11) is 0. The molecule has 1 saturated heterocycles. The molecule has 0 spiro atoms. The van der Waals surface area contributed by atoms with Crippen molar-refractivity contribution in [2.75, 3.05) is 13.1 Å². The Morgan fingerprint density at radius 3 is 2.56 bits per heavy atom. The zero-order chi connectivity index (χ0) is 11.4. The van der Waals surface area contributed by atoms with E-state index >= 15 is 0 Å². The molecule has 0 saturated carbocycles. The second kappa shape index (κ2) is 5.12. The molecule has 3 heteroatoms.